The van der Waals surface area contributed by atoms with Gasteiger partial charge in [-0.05, 0) is 136 Å². The van der Waals surface area contributed by atoms with Gasteiger partial charge < -0.3 is 4.74 Å². The molecule has 19 aliphatic carbocycles. The smallest absolute Gasteiger partial charge is 0.236 e. The minimum atomic E-state index is -5.95. The maximum Gasteiger partial charge on any atom is 0.236 e. The van der Waals surface area contributed by atoms with Crippen LogP contribution < -0.4 is 4.74 Å². The molecule has 14 aromatic carbocycles. The van der Waals surface area contributed by atoms with Crippen molar-refractivity contribution >= 4 is 124 Å². The topological polar surface area (TPSA) is 9.23 Å². The molecule has 386 valence electrons. The Hall–Kier alpha value is -7.56. The zero-order chi connectivity index (χ0) is 53.9. The summed E-state index contributed by atoms with van der Waals surface area (Å²) in [6.45, 7) is 0. The van der Waals surface area contributed by atoms with Crippen LogP contribution in [0.1, 0.15) is 106 Å². The van der Waals surface area contributed by atoms with Gasteiger partial charge in [-0.3, -0.25) is 0 Å². The molecule has 0 aromatic heterocycles. The number of benzene rings is 11. The van der Waals surface area contributed by atoms with Crippen molar-refractivity contribution < 1.29 is 75.0 Å². The molecule has 17 heteroatoms. The Labute approximate surface area is 440 Å². The Balaban J connectivity index is 1.11. The molecule has 1 heterocycles. The molecule has 1 nitrogen and oxygen atoms in total. The molecular weight excluding hydrogens is 1110 g/mol. The molecule has 2 spiro atoms. The molecule has 0 fully saturated rings. The number of fused-ring (bicyclic) bond motifs is 1. The minimum absolute atomic E-state index is 0.0234. The Kier molecular flexibility index (Phi) is 3.11. The first-order valence-electron chi connectivity index (χ1n) is 28.0. The van der Waals surface area contributed by atoms with Gasteiger partial charge in [0, 0.05) is 106 Å². The van der Waals surface area contributed by atoms with Gasteiger partial charge in [0.25, 0.3) is 0 Å². The minimum Gasteiger partial charge on any atom is -0.476 e. The molecule has 14 aromatic rings. The summed E-state index contributed by atoms with van der Waals surface area (Å²) in [7, 11) is 0. The quantitative estimate of drug-likeness (QED) is 0.109. The normalized spacial score (nSPS) is 52.8. The average molecular weight is 1120 g/mol. The van der Waals surface area contributed by atoms with Crippen molar-refractivity contribution in [3.8, 4) is 5.75 Å². The second-order valence-electron chi connectivity index (χ2n) is 29.3. The van der Waals surface area contributed by atoms with Crippen molar-refractivity contribution in [2.75, 3.05) is 0 Å². The van der Waals surface area contributed by atoms with E-state index in [0.717, 1.165) is 0 Å². The van der Waals surface area contributed by atoms with Crippen LogP contribution in [0.2, 0.25) is 0 Å². The van der Waals surface area contributed by atoms with E-state index >= 15 is 70.2 Å². The number of alkyl halides is 16. The highest BCUT2D eigenvalue weighted by Gasteiger charge is 3.17. The van der Waals surface area contributed by atoms with Gasteiger partial charge in [-0.15, -0.1) is 0 Å². The van der Waals surface area contributed by atoms with E-state index in [4.69, 9.17) is 4.74 Å². The van der Waals surface area contributed by atoms with E-state index < -0.39 is 245 Å². The number of halogens is 16. The predicted molar refractivity (Wildman–Crippen MR) is 257 cm³/mol. The second-order valence-corrected chi connectivity index (χ2v) is 29.3. The molecule has 0 saturated carbocycles. The zero-order valence-electron chi connectivity index (χ0n) is 39.8. The molecule has 18 unspecified atom stereocenters. The highest BCUT2D eigenvalue weighted by molar-refractivity contribution is 6.67. The highest BCUT2D eigenvalue weighted by Crippen LogP contribution is 3.07. The van der Waals surface area contributed by atoms with Crippen LogP contribution in [0.25, 0.3) is 124 Å². The van der Waals surface area contributed by atoms with Gasteiger partial charge in [-0.1, -0.05) is 18.2 Å². The number of allylic oxidation sites excluding steroid dienone is 1. The van der Waals surface area contributed by atoms with E-state index in [0.29, 0.717) is 0 Å². The molecule has 1 aliphatic heterocycles. The summed E-state index contributed by atoms with van der Waals surface area (Å²) >= 11 is 0. The molecule has 20 aliphatic rings. The van der Waals surface area contributed by atoms with Crippen LogP contribution >= 0.6 is 0 Å². The summed E-state index contributed by atoms with van der Waals surface area (Å²) in [5, 5.41) is -3.83. The van der Waals surface area contributed by atoms with Gasteiger partial charge in [0.1, 0.15) is 11.2 Å². The second kappa shape index (κ2) is 7.12. The third-order valence-electron chi connectivity index (χ3n) is 29.9. The third kappa shape index (κ3) is 1.57. The predicted octanol–water partition coefficient (Wildman–Crippen LogP) is 15.4. The van der Waals surface area contributed by atoms with Crippen molar-refractivity contribution in [3.05, 3.63) is 136 Å². The molecule has 83 heavy (non-hydrogen) atoms. The maximum absolute atomic E-state index is 22.9. The van der Waals surface area contributed by atoms with Crippen LogP contribution in [0.5, 0.6) is 5.75 Å². The lowest BCUT2D eigenvalue weighted by Gasteiger charge is -2.69. The highest BCUT2D eigenvalue weighted by atomic mass is 19.2. The Bertz CT molecular complexity index is 6810. The zero-order valence-corrected chi connectivity index (χ0v) is 39.8. The summed E-state index contributed by atoms with van der Waals surface area (Å²) in [5.41, 5.74) is -125. The lowest BCUT2D eigenvalue weighted by atomic mass is 9.36. The monoisotopic (exact) mass is 1120 g/mol. The summed E-state index contributed by atoms with van der Waals surface area (Å²) in [6.07, 6.45) is 0. The van der Waals surface area contributed by atoms with Crippen molar-refractivity contribution in [2.24, 2.45) is 0 Å². The molecule has 34 rings (SSSR count). The fourth-order valence-corrected chi connectivity index (χ4v) is 29.8. The molecule has 0 amide bonds. The average Bonchev–Trinajstić information content (AvgIpc) is 1.35. The van der Waals surface area contributed by atoms with E-state index in [9.17, 15) is 0 Å². The third-order valence-corrected chi connectivity index (χ3v) is 29.9. The first-order valence-corrected chi connectivity index (χ1v) is 28.0. The maximum atomic E-state index is 22.9. The fraction of sp³-hybridized carbons (Fsp3) is 0.273. The number of rotatable bonds is 0. The van der Waals surface area contributed by atoms with Crippen molar-refractivity contribution in [2.45, 2.75) is 102 Å². The summed E-state index contributed by atoms with van der Waals surface area (Å²) in [4.78, 5) is 0. The van der Waals surface area contributed by atoms with Gasteiger partial charge in [-0.25, -0.2) is 70.2 Å². The van der Waals surface area contributed by atoms with E-state index in [2.05, 4.69) is 0 Å². The Morgan fingerprint density at radius 2 is 0.614 bits per heavy atom. The van der Waals surface area contributed by atoms with E-state index in [1.165, 1.54) is 24.3 Å². The van der Waals surface area contributed by atoms with Crippen LogP contribution in [0.15, 0.2) is 29.8 Å². The SMILES string of the molecule is FC12C3=C4c5c1c1c6c7c8c9c%10c%11c%12c%13c%14c%15c%16c%17c%18c%19c%20c(c%21c5c6c5c%21c6c%20c%17c%14c6c6c%13c%10c7c56)C45Oc4ccccc4C%195C4(F)C3(F)c3c5c6c7c%10c3C4(F)C%18(F)C%16(F)C%10(F)C(F)(C%15%12F)C7(F)C%11(F)C9(F)C6(F)C(F)(C18F)C52F. The summed E-state index contributed by atoms with van der Waals surface area (Å²) in [6, 6.07) is 5.19. The lowest BCUT2D eigenvalue weighted by Crippen LogP contribution is -2.86. The van der Waals surface area contributed by atoms with Crippen molar-refractivity contribution in [1.82, 2.24) is 0 Å². The van der Waals surface area contributed by atoms with Crippen LogP contribution in [-0.2, 0) is 84.7 Å². The largest absolute Gasteiger partial charge is 0.476 e. The van der Waals surface area contributed by atoms with Crippen LogP contribution in [0.3, 0.4) is 0 Å². The number of hydrogen-bond donors (Lipinski definition) is 0. The van der Waals surface area contributed by atoms with Gasteiger partial charge in [0.2, 0.25) is 90.7 Å². The molecule has 0 bridgehead atoms. The van der Waals surface area contributed by atoms with Gasteiger partial charge in [0.15, 0.2) is 5.60 Å². The molecular formula is C66H4F16O. The van der Waals surface area contributed by atoms with E-state index in [1.807, 2.05) is 0 Å². The van der Waals surface area contributed by atoms with Gasteiger partial charge in [0.05, 0.1) is 0 Å². The van der Waals surface area contributed by atoms with Crippen molar-refractivity contribution in [1.29, 1.82) is 0 Å². The molecule has 18 atom stereocenters. The molecule has 0 N–H and O–H groups in total. The van der Waals surface area contributed by atoms with Crippen LogP contribution in [0.4, 0.5) is 70.2 Å². The van der Waals surface area contributed by atoms with E-state index in [1.54, 1.807) is 0 Å². The first-order chi connectivity index (χ1) is 39.4. The Morgan fingerprint density at radius 1 is 0.253 bits per heavy atom. The summed E-state index contributed by atoms with van der Waals surface area (Å²) in [5.74, 6) is -0.384. The number of hydrogen-bond acceptors (Lipinski definition) is 1. The van der Waals surface area contributed by atoms with Gasteiger partial charge in [-0.2, -0.15) is 0 Å². The number of ether oxygens (including phenoxy) is 1. The molecule has 0 radical (unpaired) electrons. The lowest BCUT2D eigenvalue weighted by molar-refractivity contribution is -0.378. The first kappa shape index (κ1) is 36.2. The standard InChI is InChI=1S/C66H4F16O/c67-50-32-22-16-10-8-7-9-11-12(10)21-20(16)27-36(32)52(69)48-41(27)54-30(21)26-17(11)19-15(9)25-24-13(7)18-14(8)23(22)33(50)39-29(18)40-35(24)51(68)34(25)38-28(19)37-31(26)49(54,5-3-1-2-4-6(5)83-54)64(80)53(48,70)42-43-45-47-46-44(42)60(64,76)56(37,72)57(38,73)62(46,78)66(51,82)63(47,79)59(40,75)58(39,74)61(45,77)65(50,81)55(43,52)71/h1-4H. The van der Waals surface area contributed by atoms with Gasteiger partial charge >= 0.3 is 0 Å². The Morgan fingerprint density at radius 3 is 1.12 bits per heavy atom. The molecule has 0 saturated heterocycles. The van der Waals surface area contributed by atoms with Crippen LogP contribution in [-0.4, -0.2) is 17.0 Å². The fourth-order valence-electron chi connectivity index (χ4n) is 29.8. The van der Waals surface area contributed by atoms with Crippen LogP contribution in [0, 0.1) is 0 Å². The van der Waals surface area contributed by atoms with Crippen molar-refractivity contribution in [3.63, 3.8) is 0 Å². The summed E-state index contributed by atoms with van der Waals surface area (Å²) < 4.78 is 359. The van der Waals surface area contributed by atoms with E-state index in [-0.39, 0.29) is 97.5 Å². The number of para-hydroxylation sites is 1.